The Bertz CT molecular complexity index is 308. The van der Waals surface area contributed by atoms with Crippen molar-refractivity contribution in [3.05, 3.63) is 11.8 Å². The van der Waals surface area contributed by atoms with E-state index in [1.807, 2.05) is 0 Å². The number of hydrogen-bond acceptors (Lipinski definition) is 5. The van der Waals surface area contributed by atoms with E-state index in [1.165, 1.54) is 6.92 Å². The number of ether oxygens (including phenoxy) is 2. The molecule has 0 fully saturated rings. The molecular weight excluding hydrogens is 214 g/mol. The van der Waals surface area contributed by atoms with Gasteiger partial charge in [0.05, 0.1) is 19.3 Å². The van der Waals surface area contributed by atoms with E-state index in [4.69, 9.17) is 0 Å². The Hall–Kier alpha value is -1.85. The van der Waals surface area contributed by atoms with Crippen molar-refractivity contribution in [2.75, 3.05) is 13.2 Å². The fourth-order valence-corrected chi connectivity index (χ4v) is 0.846. The lowest BCUT2D eigenvalue weighted by Gasteiger charge is -2.06. The molecule has 0 heterocycles. The highest BCUT2D eigenvalue weighted by Crippen LogP contribution is 1.96. The molecule has 0 bridgehead atoms. The number of hydrogen-bond donors (Lipinski definition) is 1. The number of esters is 2. The Kier molecular flexibility index (Phi) is 6.58. The van der Waals surface area contributed by atoms with Crippen LogP contribution in [-0.4, -0.2) is 31.1 Å². The Labute approximate surface area is 93.6 Å². The van der Waals surface area contributed by atoms with Gasteiger partial charge in [0, 0.05) is 6.92 Å². The van der Waals surface area contributed by atoms with Gasteiger partial charge < -0.3 is 14.8 Å². The minimum atomic E-state index is -0.772. The summed E-state index contributed by atoms with van der Waals surface area (Å²) in [6.45, 7) is 4.81. The first-order chi connectivity index (χ1) is 7.51. The van der Waals surface area contributed by atoms with E-state index in [2.05, 4.69) is 14.8 Å². The fourth-order valence-electron chi connectivity index (χ4n) is 0.846. The lowest BCUT2D eigenvalue weighted by molar-refractivity contribution is -0.141. The number of nitrogens with one attached hydrogen (secondary N) is 1. The number of rotatable bonds is 5. The van der Waals surface area contributed by atoms with Crippen molar-refractivity contribution in [3.8, 4) is 0 Å². The monoisotopic (exact) mass is 229 g/mol. The average molecular weight is 229 g/mol. The van der Waals surface area contributed by atoms with E-state index in [-0.39, 0.29) is 18.9 Å². The lowest BCUT2D eigenvalue weighted by Crippen LogP contribution is -2.27. The SMILES string of the molecule is CCOC(=O)/C=C(\NC(C)=O)C(=O)OCC. The Morgan fingerprint density at radius 1 is 1.12 bits per heavy atom. The van der Waals surface area contributed by atoms with Crippen LogP contribution in [0.25, 0.3) is 0 Å². The van der Waals surface area contributed by atoms with Crippen LogP contribution in [0, 0.1) is 0 Å². The molecule has 1 amide bonds. The van der Waals surface area contributed by atoms with E-state index < -0.39 is 17.8 Å². The molecule has 0 aromatic heterocycles. The van der Waals surface area contributed by atoms with Crippen LogP contribution < -0.4 is 5.32 Å². The first-order valence-corrected chi connectivity index (χ1v) is 4.84. The third-order valence-electron chi connectivity index (χ3n) is 1.35. The zero-order valence-electron chi connectivity index (χ0n) is 9.53. The van der Waals surface area contributed by atoms with Crippen LogP contribution in [0.2, 0.25) is 0 Å². The first-order valence-electron chi connectivity index (χ1n) is 4.84. The topological polar surface area (TPSA) is 81.7 Å². The van der Waals surface area contributed by atoms with Crippen LogP contribution >= 0.6 is 0 Å². The summed E-state index contributed by atoms with van der Waals surface area (Å²) in [6, 6.07) is 0. The van der Waals surface area contributed by atoms with Gasteiger partial charge in [0.25, 0.3) is 0 Å². The third-order valence-corrected chi connectivity index (χ3v) is 1.35. The summed E-state index contributed by atoms with van der Waals surface area (Å²) < 4.78 is 9.26. The summed E-state index contributed by atoms with van der Waals surface area (Å²) in [5.41, 5.74) is -0.229. The van der Waals surface area contributed by atoms with Crippen molar-refractivity contribution in [1.29, 1.82) is 0 Å². The second kappa shape index (κ2) is 7.44. The molecule has 0 aromatic carbocycles. The molecule has 0 saturated heterocycles. The van der Waals surface area contributed by atoms with E-state index in [0.717, 1.165) is 6.08 Å². The number of amides is 1. The molecule has 6 nitrogen and oxygen atoms in total. The van der Waals surface area contributed by atoms with E-state index in [1.54, 1.807) is 13.8 Å². The molecular formula is C10H15NO5. The molecule has 0 aromatic rings. The quantitative estimate of drug-likeness (QED) is 0.535. The van der Waals surface area contributed by atoms with Crippen LogP contribution in [0.5, 0.6) is 0 Å². The van der Waals surface area contributed by atoms with Crippen molar-refractivity contribution in [2.45, 2.75) is 20.8 Å². The largest absolute Gasteiger partial charge is 0.463 e. The van der Waals surface area contributed by atoms with Gasteiger partial charge in [0.15, 0.2) is 0 Å². The molecule has 0 spiro atoms. The van der Waals surface area contributed by atoms with E-state index >= 15 is 0 Å². The van der Waals surface area contributed by atoms with Crippen molar-refractivity contribution in [2.24, 2.45) is 0 Å². The van der Waals surface area contributed by atoms with Gasteiger partial charge in [-0.1, -0.05) is 0 Å². The van der Waals surface area contributed by atoms with Crippen LogP contribution in [0.15, 0.2) is 11.8 Å². The minimum absolute atomic E-state index is 0.151. The molecule has 6 heteroatoms. The van der Waals surface area contributed by atoms with Gasteiger partial charge in [0.1, 0.15) is 5.70 Å². The highest BCUT2D eigenvalue weighted by molar-refractivity contribution is 5.99. The predicted octanol–water partition coefficient (Wildman–Crippen LogP) is 0.133. The molecule has 0 unspecified atom stereocenters. The van der Waals surface area contributed by atoms with Gasteiger partial charge in [-0.05, 0) is 13.8 Å². The van der Waals surface area contributed by atoms with Gasteiger partial charge in [0.2, 0.25) is 5.91 Å². The van der Waals surface area contributed by atoms with Crippen LogP contribution in [-0.2, 0) is 23.9 Å². The van der Waals surface area contributed by atoms with Gasteiger partial charge >= 0.3 is 11.9 Å². The maximum atomic E-state index is 11.3. The van der Waals surface area contributed by atoms with Gasteiger partial charge in [-0.3, -0.25) is 4.79 Å². The third kappa shape index (κ3) is 5.79. The Balaban J connectivity index is 4.71. The van der Waals surface area contributed by atoms with Crippen molar-refractivity contribution in [1.82, 2.24) is 5.32 Å². The van der Waals surface area contributed by atoms with Crippen LogP contribution in [0.4, 0.5) is 0 Å². The van der Waals surface area contributed by atoms with Gasteiger partial charge in [-0.25, -0.2) is 9.59 Å². The standard InChI is InChI=1S/C10H15NO5/c1-4-15-9(13)6-8(11-7(3)12)10(14)16-5-2/h6H,4-5H2,1-3H3,(H,11,12)/b8-6-. The molecule has 16 heavy (non-hydrogen) atoms. The molecule has 1 N–H and O–H groups in total. The summed E-state index contributed by atoms with van der Waals surface area (Å²) >= 11 is 0. The molecule has 0 aliphatic carbocycles. The van der Waals surface area contributed by atoms with Crippen LogP contribution in [0.1, 0.15) is 20.8 Å². The maximum absolute atomic E-state index is 11.3. The maximum Gasteiger partial charge on any atom is 0.355 e. The molecule has 0 atom stereocenters. The Morgan fingerprint density at radius 3 is 2.12 bits per heavy atom. The second-order valence-corrected chi connectivity index (χ2v) is 2.71. The highest BCUT2D eigenvalue weighted by Gasteiger charge is 2.14. The predicted molar refractivity (Wildman–Crippen MR) is 55.2 cm³/mol. The smallest absolute Gasteiger partial charge is 0.355 e. The number of carbonyl (C=O) groups is 3. The van der Waals surface area contributed by atoms with Crippen molar-refractivity contribution in [3.63, 3.8) is 0 Å². The zero-order chi connectivity index (χ0) is 12.6. The van der Waals surface area contributed by atoms with Gasteiger partial charge in [-0.15, -0.1) is 0 Å². The van der Waals surface area contributed by atoms with Crippen LogP contribution in [0.3, 0.4) is 0 Å². The summed E-state index contributed by atoms with van der Waals surface area (Å²) in [5.74, 6) is -1.95. The Morgan fingerprint density at radius 2 is 1.69 bits per heavy atom. The van der Waals surface area contributed by atoms with Gasteiger partial charge in [-0.2, -0.15) is 0 Å². The fraction of sp³-hybridized carbons (Fsp3) is 0.500. The summed E-state index contributed by atoms with van der Waals surface area (Å²) in [5, 5.41) is 2.20. The molecule has 90 valence electrons. The second-order valence-electron chi connectivity index (χ2n) is 2.71. The average Bonchev–Trinajstić information content (AvgIpc) is 2.16. The zero-order valence-corrected chi connectivity index (χ0v) is 9.53. The molecule has 0 rings (SSSR count). The summed E-state index contributed by atoms with van der Waals surface area (Å²) in [6.07, 6.45) is 0.892. The lowest BCUT2D eigenvalue weighted by atomic mass is 10.4. The molecule has 0 aliphatic heterocycles. The normalized spacial score (nSPS) is 10.6. The summed E-state index contributed by atoms with van der Waals surface area (Å²) in [7, 11) is 0. The first kappa shape index (κ1) is 14.2. The summed E-state index contributed by atoms with van der Waals surface area (Å²) in [4.78, 5) is 33.2. The number of carbonyl (C=O) groups excluding carboxylic acids is 3. The van der Waals surface area contributed by atoms with Crippen molar-refractivity contribution < 1.29 is 23.9 Å². The molecule has 0 aliphatic rings. The molecule has 0 saturated carbocycles. The molecule has 0 radical (unpaired) electrons. The van der Waals surface area contributed by atoms with E-state index in [9.17, 15) is 14.4 Å². The van der Waals surface area contributed by atoms with Crippen molar-refractivity contribution >= 4 is 17.8 Å². The van der Waals surface area contributed by atoms with E-state index in [0.29, 0.717) is 0 Å². The minimum Gasteiger partial charge on any atom is -0.463 e. The highest BCUT2D eigenvalue weighted by atomic mass is 16.5.